The molecule has 2 aromatic rings. The van der Waals surface area contributed by atoms with Gasteiger partial charge in [0.2, 0.25) is 0 Å². The molecule has 0 aliphatic heterocycles. The predicted molar refractivity (Wildman–Crippen MR) is 82.9 cm³/mol. The Bertz CT molecular complexity index is 702. The van der Waals surface area contributed by atoms with Crippen LogP contribution in [-0.4, -0.2) is 25.1 Å². The van der Waals surface area contributed by atoms with Gasteiger partial charge < -0.3 is 14.8 Å². The average molecular weight is 317 g/mol. The quantitative estimate of drug-likeness (QED) is 0.832. The van der Waals surface area contributed by atoms with Crippen molar-refractivity contribution >= 4 is 17.6 Å². The zero-order valence-corrected chi connectivity index (χ0v) is 12.5. The van der Waals surface area contributed by atoms with Crippen molar-refractivity contribution in [3.63, 3.8) is 0 Å². The molecule has 23 heavy (non-hydrogen) atoms. The summed E-state index contributed by atoms with van der Waals surface area (Å²) in [6.07, 6.45) is 0. The molecule has 1 N–H and O–H groups in total. The molecular formula is C17H16FNO4. The fraction of sp³-hybridized carbons (Fsp3) is 0.176. The lowest BCUT2D eigenvalue weighted by Crippen LogP contribution is -2.20. The summed E-state index contributed by atoms with van der Waals surface area (Å²) < 4.78 is 23.2. The number of carbonyl (C=O) groups excluding carboxylic acids is 2. The van der Waals surface area contributed by atoms with Gasteiger partial charge in [-0.15, -0.1) is 0 Å². The molecule has 0 aliphatic carbocycles. The normalized spacial score (nSPS) is 10.0. The van der Waals surface area contributed by atoms with E-state index in [2.05, 4.69) is 5.32 Å². The van der Waals surface area contributed by atoms with Crippen molar-refractivity contribution in [1.29, 1.82) is 0 Å². The first kappa shape index (κ1) is 16.5. The zero-order valence-electron chi connectivity index (χ0n) is 12.5. The molecule has 2 aromatic carbocycles. The van der Waals surface area contributed by atoms with Crippen molar-refractivity contribution in [3.05, 3.63) is 59.9 Å². The molecule has 0 aromatic heterocycles. The summed E-state index contributed by atoms with van der Waals surface area (Å²) in [5.74, 6) is -0.963. The van der Waals surface area contributed by atoms with E-state index in [0.717, 1.165) is 0 Å². The highest BCUT2D eigenvalue weighted by Gasteiger charge is 2.09. The Morgan fingerprint density at radius 3 is 2.65 bits per heavy atom. The Balaban J connectivity index is 1.91. The van der Waals surface area contributed by atoms with Crippen molar-refractivity contribution in [3.8, 4) is 5.75 Å². The summed E-state index contributed by atoms with van der Waals surface area (Å²) in [5.41, 5.74) is 0.689. The van der Waals surface area contributed by atoms with Gasteiger partial charge >= 0.3 is 5.97 Å². The lowest BCUT2D eigenvalue weighted by atomic mass is 10.2. The molecule has 0 saturated carbocycles. The largest absolute Gasteiger partial charge is 0.484 e. The molecule has 0 bridgehead atoms. The van der Waals surface area contributed by atoms with E-state index in [4.69, 9.17) is 9.47 Å². The van der Waals surface area contributed by atoms with Crippen molar-refractivity contribution < 1.29 is 23.5 Å². The number of ether oxygens (including phenoxy) is 2. The third-order valence-corrected chi connectivity index (χ3v) is 2.82. The van der Waals surface area contributed by atoms with Crippen LogP contribution in [0.1, 0.15) is 17.3 Å². The molecule has 6 heteroatoms. The van der Waals surface area contributed by atoms with Crippen LogP contribution in [0.2, 0.25) is 0 Å². The molecule has 0 radical (unpaired) electrons. The van der Waals surface area contributed by atoms with Crippen molar-refractivity contribution in [2.75, 3.05) is 18.5 Å². The number of amides is 1. The first-order valence-corrected chi connectivity index (χ1v) is 7.04. The van der Waals surface area contributed by atoms with E-state index < -0.39 is 17.7 Å². The van der Waals surface area contributed by atoms with E-state index in [1.54, 1.807) is 31.2 Å². The SMILES string of the molecule is CCOC(=O)c1cccc(OCC(=O)Nc2cccc(F)c2)c1. The number of carbonyl (C=O) groups is 2. The number of esters is 1. The second-order valence-electron chi connectivity index (χ2n) is 4.60. The van der Waals surface area contributed by atoms with Gasteiger partial charge in [0.1, 0.15) is 11.6 Å². The molecule has 0 spiro atoms. The third kappa shape index (κ3) is 5.10. The molecule has 0 heterocycles. The molecule has 0 aliphatic rings. The van der Waals surface area contributed by atoms with Gasteiger partial charge in [0.05, 0.1) is 12.2 Å². The number of benzene rings is 2. The van der Waals surface area contributed by atoms with E-state index in [1.165, 1.54) is 24.3 Å². The molecule has 5 nitrogen and oxygen atoms in total. The molecule has 0 fully saturated rings. The van der Waals surface area contributed by atoms with Gasteiger partial charge in [0.15, 0.2) is 6.61 Å². The van der Waals surface area contributed by atoms with Crippen LogP contribution in [0.4, 0.5) is 10.1 Å². The maximum absolute atomic E-state index is 13.0. The molecule has 0 saturated heterocycles. The minimum absolute atomic E-state index is 0.261. The average Bonchev–Trinajstić information content (AvgIpc) is 2.53. The van der Waals surface area contributed by atoms with Crippen LogP contribution in [-0.2, 0) is 9.53 Å². The Hall–Kier alpha value is -2.89. The molecule has 0 unspecified atom stereocenters. The fourth-order valence-corrected chi connectivity index (χ4v) is 1.84. The van der Waals surface area contributed by atoms with Gasteiger partial charge in [-0.2, -0.15) is 0 Å². The molecule has 120 valence electrons. The number of anilines is 1. The second kappa shape index (κ2) is 7.93. The topological polar surface area (TPSA) is 64.6 Å². The van der Waals surface area contributed by atoms with Gasteiger partial charge in [-0.05, 0) is 43.3 Å². The highest BCUT2D eigenvalue weighted by Crippen LogP contribution is 2.15. The van der Waals surface area contributed by atoms with Gasteiger partial charge in [0.25, 0.3) is 5.91 Å². The second-order valence-corrected chi connectivity index (χ2v) is 4.60. The predicted octanol–water partition coefficient (Wildman–Crippen LogP) is 3.02. The number of nitrogens with one attached hydrogen (secondary N) is 1. The van der Waals surface area contributed by atoms with Gasteiger partial charge in [-0.3, -0.25) is 4.79 Å². The lowest BCUT2D eigenvalue weighted by molar-refractivity contribution is -0.118. The summed E-state index contributed by atoms with van der Waals surface area (Å²) in [6, 6.07) is 11.9. The maximum Gasteiger partial charge on any atom is 0.338 e. The molecular weight excluding hydrogens is 301 g/mol. The van der Waals surface area contributed by atoms with Gasteiger partial charge in [-0.25, -0.2) is 9.18 Å². The van der Waals surface area contributed by atoms with Crippen molar-refractivity contribution in [2.45, 2.75) is 6.92 Å². The van der Waals surface area contributed by atoms with Crippen LogP contribution in [0.15, 0.2) is 48.5 Å². The Kier molecular flexibility index (Phi) is 5.68. The smallest absolute Gasteiger partial charge is 0.338 e. The zero-order chi connectivity index (χ0) is 16.7. The standard InChI is InChI=1S/C17H16FNO4/c1-2-22-17(21)12-5-3-8-15(9-12)23-11-16(20)19-14-7-4-6-13(18)10-14/h3-10H,2,11H2,1H3,(H,19,20). The van der Waals surface area contributed by atoms with Crippen molar-refractivity contribution in [1.82, 2.24) is 0 Å². The van der Waals surface area contributed by atoms with E-state index in [9.17, 15) is 14.0 Å². The Labute approximate surface area is 133 Å². The molecule has 0 atom stereocenters. The summed E-state index contributed by atoms with van der Waals surface area (Å²) in [7, 11) is 0. The number of hydrogen-bond donors (Lipinski definition) is 1. The minimum atomic E-state index is -0.456. The van der Waals surface area contributed by atoms with Crippen LogP contribution in [0.5, 0.6) is 5.75 Å². The lowest BCUT2D eigenvalue weighted by Gasteiger charge is -2.08. The van der Waals surface area contributed by atoms with Gasteiger partial charge in [0, 0.05) is 5.69 Å². The van der Waals surface area contributed by atoms with Crippen molar-refractivity contribution in [2.24, 2.45) is 0 Å². The summed E-state index contributed by atoms with van der Waals surface area (Å²) in [6.45, 7) is 1.73. The van der Waals surface area contributed by atoms with E-state index in [-0.39, 0.29) is 13.2 Å². The first-order valence-electron chi connectivity index (χ1n) is 7.04. The van der Waals surface area contributed by atoms with Gasteiger partial charge in [-0.1, -0.05) is 12.1 Å². The van der Waals surface area contributed by atoms with Crippen LogP contribution in [0.25, 0.3) is 0 Å². The minimum Gasteiger partial charge on any atom is -0.484 e. The van der Waals surface area contributed by atoms with Crippen LogP contribution in [0.3, 0.4) is 0 Å². The number of halogens is 1. The van der Waals surface area contributed by atoms with E-state index >= 15 is 0 Å². The van der Waals surface area contributed by atoms with E-state index in [1.807, 2.05) is 0 Å². The highest BCUT2D eigenvalue weighted by molar-refractivity contribution is 5.92. The number of hydrogen-bond acceptors (Lipinski definition) is 4. The summed E-state index contributed by atoms with van der Waals surface area (Å²) in [4.78, 5) is 23.4. The maximum atomic E-state index is 13.0. The monoisotopic (exact) mass is 317 g/mol. The molecule has 2 rings (SSSR count). The number of rotatable bonds is 6. The summed E-state index contributed by atoms with van der Waals surface area (Å²) in [5, 5.41) is 2.52. The van der Waals surface area contributed by atoms with Crippen LogP contribution in [0, 0.1) is 5.82 Å². The third-order valence-electron chi connectivity index (χ3n) is 2.82. The Morgan fingerprint density at radius 2 is 1.91 bits per heavy atom. The molecule has 1 amide bonds. The Morgan fingerprint density at radius 1 is 1.13 bits per heavy atom. The fourth-order valence-electron chi connectivity index (χ4n) is 1.84. The first-order chi connectivity index (χ1) is 11.1. The highest BCUT2D eigenvalue weighted by atomic mass is 19.1. The summed E-state index contributed by atoms with van der Waals surface area (Å²) >= 11 is 0. The van der Waals surface area contributed by atoms with Crippen LogP contribution >= 0.6 is 0 Å². The van der Waals surface area contributed by atoms with Crippen LogP contribution < -0.4 is 10.1 Å². The van der Waals surface area contributed by atoms with E-state index in [0.29, 0.717) is 17.0 Å².